The summed E-state index contributed by atoms with van der Waals surface area (Å²) in [6, 6.07) is 8.00. The van der Waals surface area contributed by atoms with Gasteiger partial charge in [0.05, 0.1) is 17.1 Å². The van der Waals surface area contributed by atoms with Crippen LogP contribution in [0.15, 0.2) is 24.3 Å². The summed E-state index contributed by atoms with van der Waals surface area (Å²) in [6.45, 7) is 10.0. The second kappa shape index (κ2) is 7.79. The first-order chi connectivity index (χ1) is 11.4. The average molecular weight is 330 g/mol. The van der Waals surface area contributed by atoms with Crippen molar-refractivity contribution in [3.05, 3.63) is 30.1 Å². The normalized spacial score (nSPS) is 13.2. The average Bonchev–Trinajstić information content (AvgIpc) is 2.88. The Hall–Kier alpha value is -1.88. The van der Waals surface area contributed by atoms with Gasteiger partial charge in [-0.2, -0.15) is 0 Å². The molecule has 2 aromatic rings. The van der Waals surface area contributed by atoms with Crippen LogP contribution in [0.25, 0.3) is 11.0 Å². The van der Waals surface area contributed by atoms with Gasteiger partial charge in [0.2, 0.25) is 5.91 Å². The molecule has 5 heteroatoms. The number of nitrogens with one attached hydrogen (secondary N) is 2. The van der Waals surface area contributed by atoms with Crippen molar-refractivity contribution in [2.24, 2.45) is 5.41 Å². The fraction of sp³-hybridized carbons (Fsp3) is 0.579. The number of carbonyl (C=O) groups is 1. The molecule has 2 N–H and O–H groups in total. The molecule has 5 nitrogen and oxygen atoms in total. The molecule has 132 valence electrons. The Morgan fingerprint density at radius 3 is 2.62 bits per heavy atom. The van der Waals surface area contributed by atoms with Gasteiger partial charge in [-0.3, -0.25) is 4.79 Å². The Bertz CT molecular complexity index is 684. The first kappa shape index (κ1) is 18.5. The number of aromatic nitrogens is 2. The monoisotopic (exact) mass is 330 g/mol. The molecule has 1 atom stereocenters. The van der Waals surface area contributed by atoms with Gasteiger partial charge in [0.15, 0.2) is 0 Å². The number of amides is 1. The maximum atomic E-state index is 12.4. The molecular formula is C19H30N4O. The lowest BCUT2D eigenvalue weighted by Crippen LogP contribution is -2.45. The summed E-state index contributed by atoms with van der Waals surface area (Å²) in [7, 11) is 1.84. The van der Waals surface area contributed by atoms with Crippen LogP contribution in [-0.2, 0) is 17.8 Å². The number of hydrogen-bond donors (Lipinski definition) is 2. The number of rotatable bonds is 7. The van der Waals surface area contributed by atoms with Gasteiger partial charge in [-0.25, -0.2) is 4.98 Å². The standard InChI is InChI=1S/C19H30N4O/c1-6-23-16-10-8-7-9-14(16)22-17(23)11-12-21-18(24)15(20-5)13-19(2,3)4/h7-10,15,20H,6,11-13H2,1-5H3,(H,21,24). The Balaban J connectivity index is 1.97. The summed E-state index contributed by atoms with van der Waals surface area (Å²) in [5, 5.41) is 6.16. The molecular weight excluding hydrogens is 300 g/mol. The number of likely N-dealkylation sites (N-methyl/N-ethyl adjacent to an activating group) is 1. The van der Waals surface area contributed by atoms with Gasteiger partial charge in [0, 0.05) is 19.5 Å². The van der Waals surface area contributed by atoms with Crippen molar-refractivity contribution >= 4 is 16.9 Å². The van der Waals surface area contributed by atoms with E-state index in [2.05, 4.69) is 49.0 Å². The number of hydrogen-bond acceptors (Lipinski definition) is 3. The molecule has 0 spiro atoms. The molecule has 24 heavy (non-hydrogen) atoms. The van der Waals surface area contributed by atoms with Crippen LogP contribution < -0.4 is 10.6 Å². The van der Waals surface area contributed by atoms with Gasteiger partial charge in [-0.15, -0.1) is 0 Å². The first-order valence-corrected chi connectivity index (χ1v) is 8.75. The van der Waals surface area contributed by atoms with Gasteiger partial charge >= 0.3 is 0 Å². The Kier molecular flexibility index (Phi) is 5.99. The van der Waals surface area contributed by atoms with Gasteiger partial charge < -0.3 is 15.2 Å². The van der Waals surface area contributed by atoms with Gasteiger partial charge in [-0.1, -0.05) is 32.9 Å². The van der Waals surface area contributed by atoms with Crippen LogP contribution in [0.5, 0.6) is 0 Å². The van der Waals surface area contributed by atoms with E-state index >= 15 is 0 Å². The summed E-state index contributed by atoms with van der Waals surface area (Å²) >= 11 is 0. The van der Waals surface area contributed by atoms with Gasteiger partial charge in [0.25, 0.3) is 0 Å². The zero-order valence-electron chi connectivity index (χ0n) is 15.5. The largest absolute Gasteiger partial charge is 0.354 e. The van der Waals surface area contributed by atoms with Crippen molar-refractivity contribution in [2.45, 2.75) is 53.1 Å². The number of aryl methyl sites for hydroxylation is 1. The van der Waals surface area contributed by atoms with Crippen LogP contribution in [0.3, 0.4) is 0 Å². The number of carbonyl (C=O) groups excluding carboxylic acids is 1. The smallest absolute Gasteiger partial charge is 0.237 e. The van der Waals surface area contributed by atoms with E-state index in [9.17, 15) is 4.79 Å². The van der Waals surface area contributed by atoms with Crippen molar-refractivity contribution in [3.8, 4) is 0 Å². The molecule has 0 radical (unpaired) electrons. The molecule has 0 aliphatic rings. The SMILES string of the molecule is CCn1c(CCNC(=O)C(CC(C)(C)C)NC)nc2ccccc21. The molecule has 2 rings (SSSR count). The lowest BCUT2D eigenvalue weighted by Gasteiger charge is -2.25. The lowest BCUT2D eigenvalue weighted by atomic mass is 9.88. The third-order valence-corrected chi connectivity index (χ3v) is 4.18. The predicted octanol–water partition coefficient (Wildman–Crippen LogP) is 2.74. The van der Waals surface area contributed by atoms with Crippen molar-refractivity contribution in [1.29, 1.82) is 0 Å². The zero-order chi connectivity index (χ0) is 17.7. The van der Waals surface area contributed by atoms with Crippen molar-refractivity contribution in [2.75, 3.05) is 13.6 Å². The number of para-hydroxylation sites is 2. The molecule has 1 heterocycles. The van der Waals surface area contributed by atoms with Crippen LogP contribution in [-0.4, -0.2) is 35.1 Å². The second-order valence-corrected chi connectivity index (χ2v) is 7.41. The summed E-state index contributed by atoms with van der Waals surface area (Å²) < 4.78 is 2.21. The fourth-order valence-electron chi connectivity index (χ4n) is 3.03. The number of benzene rings is 1. The second-order valence-electron chi connectivity index (χ2n) is 7.41. The van der Waals surface area contributed by atoms with E-state index in [0.717, 1.165) is 36.2 Å². The van der Waals surface area contributed by atoms with Crippen molar-refractivity contribution in [3.63, 3.8) is 0 Å². The van der Waals surface area contributed by atoms with E-state index < -0.39 is 0 Å². The molecule has 0 fully saturated rings. The van der Waals surface area contributed by atoms with E-state index in [1.165, 1.54) is 0 Å². The van der Waals surface area contributed by atoms with E-state index in [4.69, 9.17) is 4.98 Å². The Morgan fingerprint density at radius 2 is 2.00 bits per heavy atom. The summed E-state index contributed by atoms with van der Waals surface area (Å²) in [5.41, 5.74) is 2.28. The third-order valence-electron chi connectivity index (χ3n) is 4.18. The molecule has 0 bridgehead atoms. The fourth-order valence-corrected chi connectivity index (χ4v) is 3.03. The van der Waals surface area contributed by atoms with Crippen LogP contribution >= 0.6 is 0 Å². The molecule has 1 unspecified atom stereocenters. The van der Waals surface area contributed by atoms with Crippen molar-refractivity contribution < 1.29 is 4.79 Å². The molecule has 0 saturated heterocycles. The van der Waals surface area contributed by atoms with E-state index in [0.29, 0.717) is 6.54 Å². The summed E-state index contributed by atoms with van der Waals surface area (Å²) in [5.74, 6) is 1.09. The quantitative estimate of drug-likeness (QED) is 0.821. The molecule has 1 aromatic carbocycles. The van der Waals surface area contributed by atoms with E-state index in [1.54, 1.807) is 0 Å². The molecule has 0 aliphatic carbocycles. The highest BCUT2D eigenvalue weighted by Crippen LogP contribution is 2.20. The maximum absolute atomic E-state index is 12.4. The third kappa shape index (κ3) is 4.57. The Labute approximate surface area is 144 Å². The molecule has 1 amide bonds. The highest BCUT2D eigenvalue weighted by molar-refractivity contribution is 5.81. The molecule has 0 aliphatic heterocycles. The molecule has 0 saturated carbocycles. The summed E-state index contributed by atoms with van der Waals surface area (Å²) in [6.07, 6.45) is 1.54. The number of nitrogens with zero attached hydrogens (tertiary/aromatic N) is 2. The number of fused-ring (bicyclic) bond motifs is 1. The minimum atomic E-state index is -0.157. The lowest BCUT2D eigenvalue weighted by molar-refractivity contribution is -0.123. The van der Waals surface area contributed by atoms with Crippen LogP contribution in [0.2, 0.25) is 0 Å². The number of imidazole rings is 1. The van der Waals surface area contributed by atoms with E-state index in [1.807, 2.05) is 25.2 Å². The topological polar surface area (TPSA) is 59.0 Å². The first-order valence-electron chi connectivity index (χ1n) is 8.75. The minimum Gasteiger partial charge on any atom is -0.354 e. The van der Waals surface area contributed by atoms with E-state index in [-0.39, 0.29) is 17.4 Å². The van der Waals surface area contributed by atoms with Crippen LogP contribution in [0, 0.1) is 5.41 Å². The van der Waals surface area contributed by atoms with Crippen molar-refractivity contribution in [1.82, 2.24) is 20.2 Å². The molecule has 1 aromatic heterocycles. The van der Waals surface area contributed by atoms with Crippen LogP contribution in [0.4, 0.5) is 0 Å². The predicted molar refractivity (Wildman–Crippen MR) is 99.0 cm³/mol. The zero-order valence-corrected chi connectivity index (χ0v) is 15.5. The summed E-state index contributed by atoms with van der Waals surface area (Å²) in [4.78, 5) is 17.1. The Morgan fingerprint density at radius 1 is 1.29 bits per heavy atom. The van der Waals surface area contributed by atoms with Gasteiger partial charge in [-0.05, 0) is 37.9 Å². The van der Waals surface area contributed by atoms with Gasteiger partial charge in [0.1, 0.15) is 5.82 Å². The minimum absolute atomic E-state index is 0.0617. The highest BCUT2D eigenvalue weighted by atomic mass is 16.2. The maximum Gasteiger partial charge on any atom is 0.237 e. The van der Waals surface area contributed by atoms with Crippen LogP contribution in [0.1, 0.15) is 39.9 Å². The highest BCUT2D eigenvalue weighted by Gasteiger charge is 2.23.